The molecule has 0 aliphatic rings. The van der Waals surface area contributed by atoms with E-state index in [1.54, 1.807) is 6.07 Å². The van der Waals surface area contributed by atoms with Crippen molar-refractivity contribution in [2.24, 2.45) is 0 Å². The summed E-state index contributed by atoms with van der Waals surface area (Å²) in [5.41, 5.74) is 0. The van der Waals surface area contributed by atoms with Crippen LogP contribution in [0.15, 0.2) is 6.07 Å². The van der Waals surface area contributed by atoms with Crippen LogP contribution in [0.3, 0.4) is 0 Å². The van der Waals surface area contributed by atoms with Crippen molar-refractivity contribution in [2.75, 3.05) is 31.7 Å². The Labute approximate surface area is 120 Å². The molecule has 0 saturated carbocycles. The van der Waals surface area contributed by atoms with Crippen molar-refractivity contribution in [1.29, 1.82) is 0 Å². The quantitative estimate of drug-likeness (QED) is 0.710. The maximum Gasteiger partial charge on any atom is 0.219 e. The van der Waals surface area contributed by atoms with Crippen molar-refractivity contribution in [1.82, 2.24) is 9.97 Å². The van der Waals surface area contributed by atoms with E-state index in [9.17, 15) is 0 Å². The molecule has 1 rings (SSSR count). The lowest BCUT2D eigenvalue weighted by Gasteiger charge is -2.15. The molecule has 1 atom stereocenters. The average molecular weight is 283 g/mol. The third kappa shape index (κ3) is 6.16. The smallest absolute Gasteiger partial charge is 0.219 e. The number of rotatable bonds is 10. The minimum Gasteiger partial charge on any atom is -0.472 e. The Kier molecular flexibility index (Phi) is 7.91. The van der Waals surface area contributed by atoms with E-state index in [0.717, 1.165) is 12.4 Å². The number of hydrogen-bond donors (Lipinski definition) is 1. The van der Waals surface area contributed by atoms with E-state index >= 15 is 0 Å². The third-order valence-electron chi connectivity index (χ3n) is 2.42. The number of nitrogens with zero attached hydrogens (tertiary/aromatic N) is 2. The zero-order valence-electron chi connectivity index (χ0n) is 12.8. The van der Waals surface area contributed by atoms with Crippen molar-refractivity contribution in [3.8, 4) is 5.88 Å². The van der Waals surface area contributed by atoms with E-state index in [1.165, 1.54) is 0 Å². The summed E-state index contributed by atoms with van der Waals surface area (Å²) in [7, 11) is 0. The van der Waals surface area contributed by atoms with Crippen molar-refractivity contribution in [3.63, 3.8) is 0 Å². The first-order valence-electron chi connectivity index (χ1n) is 7.13. The predicted octanol–water partition coefficient (Wildman–Crippen LogP) is 2.25. The molecule has 1 N–H and O–H groups in total. The molecule has 1 aromatic rings. The Morgan fingerprint density at radius 3 is 2.55 bits per heavy atom. The summed E-state index contributed by atoms with van der Waals surface area (Å²) < 4.78 is 16.4. The van der Waals surface area contributed by atoms with Crippen molar-refractivity contribution in [3.05, 3.63) is 11.9 Å². The van der Waals surface area contributed by atoms with Gasteiger partial charge in [0, 0.05) is 25.8 Å². The van der Waals surface area contributed by atoms with Gasteiger partial charge in [-0.05, 0) is 27.7 Å². The molecule has 0 aliphatic carbocycles. The topological polar surface area (TPSA) is 65.5 Å². The molecule has 1 aromatic heterocycles. The largest absolute Gasteiger partial charge is 0.472 e. The number of nitrogens with one attached hydrogen (secondary N) is 1. The van der Waals surface area contributed by atoms with E-state index in [-0.39, 0.29) is 6.10 Å². The summed E-state index contributed by atoms with van der Waals surface area (Å²) in [6.07, 6.45) is -0.0562. The minimum atomic E-state index is -0.0562. The molecule has 20 heavy (non-hydrogen) atoms. The fourth-order valence-corrected chi connectivity index (χ4v) is 1.59. The van der Waals surface area contributed by atoms with E-state index in [4.69, 9.17) is 14.2 Å². The highest BCUT2D eigenvalue weighted by Crippen LogP contribution is 2.15. The van der Waals surface area contributed by atoms with Crippen molar-refractivity contribution < 1.29 is 14.2 Å². The maximum atomic E-state index is 5.75. The van der Waals surface area contributed by atoms with Crippen LogP contribution < -0.4 is 10.1 Å². The first kappa shape index (κ1) is 16.7. The molecule has 0 bridgehead atoms. The van der Waals surface area contributed by atoms with Gasteiger partial charge in [-0.15, -0.1) is 0 Å². The van der Waals surface area contributed by atoms with Crippen molar-refractivity contribution in [2.45, 2.75) is 40.4 Å². The molecule has 0 fully saturated rings. The van der Waals surface area contributed by atoms with Gasteiger partial charge in [0.1, 0.15) is 18.5 Å². The van der Waals surface area contributed by atoms with Crippen LogP contribution in [0.2, 0.25) is 0 Å². The molecular weight excluding hydrogens is 258 g/mol. The number of aromatic nitrogens is 2. The van der Waals surface area contributed by atoms with Gasteiger partial charge < -0.3 is 19.5 Å². The van der Waals surface area contributed by atoms with Gasteiger partial charge in [0.15, 0.2) is 5.82 Å². The molecule has 0 amide bonds. The molecule has 6 heteroatoms. The molecule has 0 radical (unpaired) electrons. The summed E-state index contributed by atoms with van der Waals surface area (Å²) >= 11 is 0. The van der Waals surface area contributed by atoms with Crippen molar-refractivity contribution >= 4 is 5.82 Å². The summed E-state index contributed by atoms with van der Waals surface area (Å²) in [6.45, 7) is 10.9. The molecule has 114 valence electrons. The number of hydrogen-bond acceptors (Lipinski definition) is 6. The van der Waals surface area contributed by atoms with Crippen LogP contribution in [-0.2, 0) is 16.1 Å². The van der Waals surface area contributed by atoms with Crippen LogP contribution in [0.25, 0.3) is 0 Å². The summed E-state index contributed by atoms with van der Waals surface area (Å²) in [5, 5.41) is 3.16. The zero-order valence-corrected chi connectivity index (χ0v) is 12.8. The van der Waals surface area contributed by atoms with Crippen LogP contribution >= 0.6 is 0 Å². The second-order valence-electron chi connectivity index (χ2n) is 4.26. The Bertz CT molecular complexity index is 388. The van der Waals surface area contributed by atoms with Gasteiger partial charge in [-0.1, -0.05) is 0 Å². The Hall–Kier alpha value is -1.40. The molecule has 6 nitrogen and oxygen atoms in total. The standard InChI is InChI=1S/C14H25N3O3/c1-5-15-12-8-14(20-11(4)9-18-6-2)17-13(16-12)10-19-7-3/h8,11H,5-7,9-10H2,1-4H3,(H,15,16,17). The van der Waals surface area contributed by atoms with Gasteiger partial charge in [0.05, 0.1) is 6.61 Å². The van der Waals surface area contributed by atoms with Gasteiger partial charge in [0.25, 0.3) is 0 Å². The Balaban J connectivity index is 2.73. The van der Waals surface area contributed by atoms with Crippen LogP contribution in [0.5, 0.6) is 5.88 Å². The summed E-state index contributed by atoms with van der Waals surface area (Å²) in [5.74, 6) is 1.90. The van der Waals surface area contributed by atoms with E-state index in [0.29, 0.717) is 38.1 Å². The Morgan fingerprint density at radius 1 is 1.15 bits per heavy atom. The Morgan fingerprint density at radius 2 is 1.90 bits per heavy atom. The first-order valence-corrected chi connectivity index (χ1v) is 7.13. The van der Waals surface area contributed by atoms with E-state index in [2.05, 4.69) is 15.3 Å². The average Bonchev–Trinajstić information content (AvgIpc) is 2.43. The normalized spacial score (nSPS) is 12.2. The molecule has 0 aliphatic heterocycles. The molecule has 0 spiro atoms. The van der Waals surface area contributed by atoms with E-state index < -0.39 is 0 Å². The van der Waals surface area contributed by atoms with Crippen LogP contribution in [0.4, 0.5) is 5.82 Å². The van der Waals surface area contributed by atoms with Crippen LogP contribution in [0, 0.1) is 0 Å². The van der Waals surface area contributed by atoms with Crippen LogP contribution in [0.1, 0.15) is 33.5 Å². The van der Waals surface area contributed by atoms with Gasteiger partial charge in [0.2, 0.25) is 5.88 Å². The van der Waals surface area contributed by atoms with E-state index in [1.807, 2.05) is 27.7 Å². The second-order valence-corrected chi connectivity index (χ2v) is 4.26. The highest BCUT2D eigenvalue weighted by atomic mass is 16.5. The molecule has 1 heterocycles. The monoisotopic (exact) mass is 283 g/mol. The lowest BCUT2D eigenvalue weighted by molar-refractivity contribution is 0.0626. The highest BCUT2D eigenvalue weighted by molar-refractivity contribution is 5.38. The fraction of sp³-hybridized carbons (Fsp3) is 0.714. The number of ether oxygens (including phenoxy) is 3. The lowest BCUT2D eigenvalue weighted by atomic mass is 10.4. The molecular formula is C14H25N3O3. The van der Waals surface area contributed by atoms with Crippen LogP contribution in [-0.4, -0.2) is 42.4 Å². The molecule has 1 unspecified atom stereocenters. The maximum absolute atomic E-state index is 5.75. The first-order chi connectivity index (χ1) is 9.69. The lowest BCUT2D eigenvalue weighted by Crippen LogP contribution is -2.20. The molecule has 0 saturated heterocycles. The second kappa shape index (κ2) is 9.50. The number of anilines is 1. The summed E-state index contributed by atoms with van der Waals surface area (Å²) in [4.78, 5) is 8.72. The van der Waals surface area contributed by atoms with Gasteiger partial charge >= 0.3 is 0 Å². The van der Waals surface area contributed by atoms with Gasteiger partial charge in [-0.2, -0.15) is 4.98 Å². The minimum absolute atomic E-state index is 0.0562. The third-order valence-corrected chi connectivity index (χ3v) is 2.42. The highest BCUT2D eigenvalue weighted by Gasteiger charge is 2.09. The van der Waals surface area contributed by atoms with Gasteiger partial charge in [-0.25, -0.2) is 4.98 Å². The summed E-state index contributed by atoms with van der Waals surface area (Å²) in [6, 6.07) is 1.79. The SMILES string of the molecule is CCNc1cc(OC(C)COCC)nc(COCC)n1. The molecule has 0 aromatic carbocycles. The fourth-order valence-electron chi connectivity index (χ4n) is 1.59. The zero-order chi connectivity index (χ0) is 14.8. The predicted molar refractivity (Wildman–Crippen MR) is 78.1 cm³/mol. The van der Waals surface area contributed by atoms with Gasteiger partial charge in [-0.3, -0.25) is 0 Å².